The van der Waals surface area contributed by atoms with Gasteiger partial charge in [0.2, 0.25) is 11.8 Å². The van der Waals surface area contributed by atoms with Crippen molar-refractivity contribution >= 4 is 21.2 Å². The van der Waals surface area contributed by atoms with E-state index < -0.39 is 0 Å². The summed E-state index contributed by atoms with van der Waals surface area (Å²) in [6.45, 7) is 10.2. The predicted molar refractivity (Wildman–Crippen MR) is 77.0 cm³/mol. The minimum atomic E-state index is 0.0216. The maximum Gasteiger partial charge on any atom is 0.222 e. The second-order valence-corrected chi connectivity index (χ2v) is 5.66. The van der Waals surface area contributed by atoms with Crippen molar-refractivity contribution in [3.63, 3.8) is 0 Å². The first-order valence-electron chi connectivity index (χ1n) is 6.39. The van der Waals surface area contributed by atoms with Crippen molar-refractivity contribution < 1.29 is 9.59 Å². The van der Waals surface area contributed by atoms with Crippen molar-refractivity contribution in [2.45, 2.75) is 27.7 Å². The largest absolute Gasteiger partial charge is 0.355 e. The van der Waals surface area contributed by atoms with Gasteiger partial charge in [-0.15, -0.1) is 0 Å². The molecule has 0 radical (unpaired) electrons. The van der Waals surface area contributed by atoms with Crippen molar-refractivity contribution in [1.29, 1.82) is 0 Å². The molecule has 0 saturated carbocycles. The Hall–Kier alpha value is -0.670. The third-order valence-corrected chi connectivity index (χ3v) is 2.96. The third kappa shape index (κ3) is 8.43. The number of hydrogen-bond donors (Lipinski definition) is 2. The molecule has 0 aliphatic rings. The summed E-state index contributed by atoms with van der Waals surface area (Å²) in [6.07, 6.45) is 0. The van der Waals surface area contributed by atoms with Crippen molar-refractivity contribution in [1.82, 2.24) is 15.3 Å². The van der Waals surface area contributed by atoms with E-state index in [0.717, 1.165) is 13.1 Å². The molecular weight excluding hydrogens is 249 g/mol. The number of nitrogens with one attached hydrogen (secondary N) is 2. The first-order valence-corrected chi connectivity index (χ1v) is 6.91. The molecule has 2 N–H and O–H groups in total. The summed E-state index contributed by atoms with van der Waals surface area (Å²) >= 11 is 0. The second kappa shape index (κ2) is 9.29. The van der Waals surface area contributed by atoms with E-state index in [0.29, 0.717) is 13.1 Å². The van der Waals surface area contributed by atoms with Crippen LogP contribution in [0.15, 0.2) is 0 Å². The molecule has 6 heteroatoms. The molecule has 18 heavy (non-hydrogen) atoms. The molecule has 0 aromatic carbocycles. The number of amides is 2. The first kappa shape index (κ1) is 17.3. The van der Waals surface area contributed by atoms with Crippen LogP contribution in [0.25, 0.3) is 0 Å². The molecule has 0 saturated heterocycles. The van der Waals surface area contributed by atoms with Gasteiger partial charge in [-0.25, -0.2) is 0 Å². The first-order chi connectivity index (χ1) is 8.34. The SMILES string of the molecule is CC(C)C(=O)NCCN(P)CCNC(=O)C(C)C. The number of nitrogens with zero attached hydrogens (tertiary/aromatic N) is 1. The van der Waals surface area contributed by atoms with Gasteiger partial charge >= 0.3 is 0 Å². The van der Waals surface area contributed by atoms with Gasteiger partial charge in [0.05, 0.1) is 0 Å². The average Bonchev–Trinajstić information content (AvgIpc) is 2.28. The van der Waals surface area contributed by atoms with Gasteiger partial charge in [-0.3, -0.25) is 14.3 Å². The van der Waals surface area contributed by atoms with Gasteiger partial charge in [0.1, 0.15) is 0 Å². The monoisotopic (exact) mass is 275 g/mol. The minimum Gasteiger partial charge on any atom is -0.355 e. The van der Waals surface area contributed by atoms with Crippen LogP contribution in [0.4, 0.5) is 0 Å². The molecular formula is C12H26N3O2P. The van der Waals surface area contributed by atoms with Gasteiger partial charge in [0.15, 0.2) is 0 Å². The van der Waals surface area contributed by atoms with Gasteiger partial charge in [0, 0.05) is 38.0 Å². The average molecular weight is 275 g/mol. The van der Waals surface area contributed by atoms with Gasteiger partial charge < -0.3 is 10.6 Å². The van der Waals surface area contributed by atoms with E-state index in [2.05, 4.69) is 20.0 Å². The smallest absolute Gasteiger partial charge is 0.222 e. The molecule has 0 bridgehead atoms. The molecule has 0 aromatic heterocycles. The highest BCUT2D eigenvalue weighted by Crippen LogP contribution is 1.97. The molecule has 2 amide bonds. The van der Waals surface area contributed by atoms with Crippen LogP contribution in [0, 0.1) is 11.8 Å². The Morgan fingerprint density at radius 3 is 1.56 bits per heavy atom. The van der Waals surface area contributed by atoms with Crippen molar-refractivity contribution in [3.05, 3.63) is 0 Å². The summed E-state index contributed by atoms with van der Waals surface area (Å²) < 4.78 is 2.00. The molecule has 106 valence electrons. The van der Waals surface area contributed by atoms with Crippen molar-refractivity contribution in [2.75, 3.05) is 26.2 Å². The summed E-state index contributed by atoms with van der Waals surface area (Å²) in [5.41, 5.74) is 0. The Balaban J connectivity index is 3.57. The van der Waals surface area contributed by atoms with E-state index in [1.54, 1.807) is 0 Å². The maximum absolute atomic E-state index is 11.3. The molecule has 1 unspecified atom stereocenters. The van der Waals surface area contributed by atoms with E-state index >= 15 is 0 Å². The van der Waals surface area contributed by atoms with E-state index in [1.165, 1.54) is 0 Å². The lowest BCUT2D eigenvalue weighted by Gasteiger charge is -2.17. The van der Waals surface area contributed by atoms with Crippen LogP contribution in [-0.4, -0.2) is 42.7 Å². The van der Waals surface area contributed by atoms with Gasteiger partial charge in [-0.1, -0.05) is 37.1 Å². The summed E-state index contributed by atoms with van der Waals surface area (Å²) in [6, 6.07) is 0. The van der Waals surface area contributed by atoms with Crippen LogP contribution in [0.1, 0.15) is 27.7 Å². The fourth-order valence-corrected chi connectivity index (χ4v) is 1.42. The standard InChI is InChI=1S/C12H26N3O2P/c1-9(2)11(16)13-5-7-15(18)8-6-14-12(17)10(3)4/h9-10H,5-8,18H2,1-4H3,(H,13,16)(H,14,17). The summed E-state index contributed by atoms with van der Waals surface area (Å²) in [7, 11) is 2.60. The molecule has 0 rings (SSSR count). The molecule has 0 spiro atoms. The Bertz CT molecular complexity index is 244. The molecule has 0 aliphatic carbocycles. The predicted octanol–water partition coefficient (Wildman–Crippen LogP) is 0.623. The Labute approximate surface area is 112 Å². The molecule has 0 heterocycles. The van der Waals surface area contributed by atoms with E-state index in [9.17, 15) is 9.59 Å². The van der Waals surface area contributed by atoms with Crippen LogP contribution < -0.4 is 10.6 Å². The van der Waals surface area contributed by atoms with Gasteiger partial charge in [-0.2, -0.15) is 0 Å². The topological polar surface area (TPSA) is 61.4 Å². The summed E-state index contributed by atoms with van der Waals surface area (Å²) in [5, 5.41) is 5.70. The third-order valence-electron chi connectivity index (χ3n) is 2.45. The number of carbonyl (C=O) groups is 2. The molecule has 0 aliphatic heterocycles. The molecule has 0 aromatic rings. The van der Waals surface area contributed by atoms with Crippen LogP contribution in [0.3, 0.4) is 0 Å². The van der Waals surface area contributed by atoms with Crippen LogP contribution in [-0.2, 0) is 9.59 Å². The van der Waals surface area contributed by atoms with Crippen LogP contribution in [0.5, 0.6) is 0 Å². The second-order valence-electron chi connectivity index (χ2n) is 4.93. The zero-order valence-electron chi connectivity index (χ0n) is 11.8. The summed E-state index contributed by atoms with van der Waals surface area (Å²) in [5.74, 6) is 0.185. The quantitative estimate of drug-likeness (QED) is 0.639. The van der Waals surface area contributed by atoms with Crippen molar-refractivity contribution in [3.8, 4) is 0 Å². The highest BCUT2D eigenvalue weighted by Gasteiger charge is 2.07. The van der Waals surface area contributed by atoms with Crippen LogP contribution >= 0.6 is 9.39 Å². The number of hydrogen-bond acceptors (Lipinski definition) is 3. The van der Waals surface area contributed by atoms with Gasteiger partial charge in [0.25, 0.3) is 0 Å². The molecule has 1 atom stereocenters. The van der Waals surface area contributed by atoms with E-state index in [-0.39, 0.29) is 23.7 Å². The number of carbonyl (C=O) groups excluding carboxylic acids is 2. The van der Waals surface area contributed by atoms with Crippen LogP contribution in [0.2, 0.25) is 0 Å². The Kier molecular flexibility index (Phi) is 8.94. The minimum absolute atomic E-state index is 0.0216. The highest BCUT2D eigenvalue weighted by atomic mass is 31.0. The lowest BCUT2D eigenvalue weighted by molar-refractivity contribution is -0.124. The normalized spacial score (nSPS) is 11.1. The lowest BCUT2D eigenvalue weighted by Crippen LogP contribution is -2.37. The number of rotatable bonds is 8. The van der Waals surface area contributed by atoms with Crippen molar-refractivity contribution in [2.24, 2.45) is 11.8 Å². The Morgan fingerprint density at radius 2 is 1.28 bits per heavy atom. The lowest BCUT2D eigenvalue weighted by atomic mass is 10.2. The van der Waals surface area contributed by atoms with Gasteiger partial charge in [-0.05, 0) is 0 Å². The molecule has 5 nitrogen and oxygen atoms in total. The highest BCUT2D eigenvalue weighted by molar-refractivity contribution is 7.13. The van der Waals surface area contributed by atoms with E-state index in [4.69, 9.17) is 0 Å². The zero-order valence-corrected chi connectivity index (χ0v) is 13.0. The summed E-state index contributed by atoms with van der Waals surface area (Å²) in [4.78, 5) is 22.6. The Morgan fingerprint density at radius 1 is 0.944 bits per heavy atom. The zero-order chi connectivity index (χ0) is 14.1. The maximum atomic E-state index is 11.3. The fourth-order valence-electron chi connectivity index (χ4n) is 1.17. The van der Waals surface area contributed by atoms with E-state index in [1.807, 2.05) is 32.4 Å². The molecule has 0 fully saturated rings. The fraction of sp³-hybridized carbons (Fsp3) is 0.833.